The fourth-order valence-electron chi connectivity index (χ4n) is 3.36. The van der Waals surface area contributed by atoms with Crippen LogP contribution in [0.3, 0.4) is 0 Å². The summed E-state index contributed by atoms with van der Waals surface area (Å²) < 4.78 is 4.75. The monoisotopic (exact) mass is 423 g/mol. The summed E-state index contributed by atoms with van der Waals surface area (Å²) >= 11 is 6.05. The number of piperazine rings is 1. The Kier molecular flexibility index (Phi) is 8.76. The summed E-state index contributed by atoms with van der Waals surface area (Å²) in [7, 11) is 1.30. The molecule has 1 fully saturated rings. The molecule has 1 heterocycles. The number of carbonyl (C=O) groups excluding carboxylic acids is 3. The van der Waals surface area contributed by atoms with Gasteiger partial charge in [-0.25, -0.2) is 4.79 Å². The predicted molar refractivity (Wildman–Crippen MR) is 113 cm³/mol. The number of methoxy groups -OCH3 is 1. The standard InChI is InChI=1S/C21H30ClN3O4/c1-15(2)13-18(21(28)29-3)23-19(26)7-8-20(27)25-11-9-24(10-12-25)17-6-4-5-16(22)14-17/h4-6,14-15,18H,7-13H2,1-3H3,(H,23,26). The van der Waals surface area contributed by atoms with Gasteiger partial charge in [0.25, 0.3) is 0 Å². The second-order valence-corrected chi connectivity index (χ2v) is 8.06. The molecule has 1 aromatic rings. The highest BCUT2D eigenvalue weighted by atomic mass is 35.5. The molecule has 1 aromatic carbocycles. The van der Waals surface area contributed by atoms with Crippen molar-refractivity contribution in [3.8, 4) is 0 Å². The number of carbonyl (C=O) groups is 3. The Morgan fingerprint density at radius 1 is 1.14 bits per heavy atom. The number of amides is 2. The van der Waals surface area contributed by atoms with E-state index < -0.39 is 12.0 Å². The summed E-state index contributed by atoms with van der Waals surface area (Å²) in [4.78, 5) is 40.4. The van der Waals surface area contributed by atoms with Gasteiger partial charge in [-0.1, -0.05) is 31.5 Å². The molecule has 1 aliphatic rings. The fraction of sp³-hybridized carbons (Fsp3) is 0.571. The molecule has 7 nitrogen and oxygen atoms in total. The van der Waals surface area contributed by atoms with E-state index in [4.69, 9.17) is 16.3 Å². The first-order valence-electron chi connectivity index (χ1n) is 9.95. The molecule has 1 saturated heterocycles. The number of ether oxygens (including phenoxy) is 1. The Bertz CT molecular complexity index is 718. The van der Waals surface area contributed by atoms with Crippen molar-refractivity contribution in [1.29, 1.82) is 0 Å². The number of hydrogen-bond acceptors (Lipinski definition) is 5. The van der Waals surface area contributed by atoms with Gasteiger partial charge in [0.15, 0.2) is 0 Å². The zero-order valence-corrected chi connectivity index (χ0v) is 18.1. The number of benzene rings is 1. The Morgan fingerprint density at radius 2 is 1.83 bits per heavy atom. The largest absolute Gasteiger partial charge is 0.467 e. The highest BCUT2D eigenvalue weighted by Crippen LogP contribution is 2.21. The van der Waals surface area contributed by atoms with Crippen molar-refractivity contribution < 1.29 is 19.1 Å². The van der Waals surface area contributed by atoms with Crippen molar-refractivity contribution in [3.63, 3.8) is 0 Å². The number of halogens is 1. The maximum absolute atomic E-state index is 12.5. The van der Waals surface area contributed by atoms with Crippen LogP contribution >= 0.6 is 11.6 Å². The van der Waals surface area contributed by atoms with Gasteiger partial charge in [0.1, 0.15) is 6.04 Å². The Labute approximate surface area is 177 Å². The van der Waals surface area contributed by atoms with Crippen LogP contribution in [-0.2, 0) is 19.1 Å². The first-order chi connectivity index (χ1) is 13.8. The Balaban J connectivity index is 1.77. The first-order valence-corrected chi connectivity index (χ1v) is 10.3. The van der Waals surface area contributed by atoms with Crippen LogP contribution in [-0.4, -0.2) is 62.0 Å². The summed E-state index contributed by atoms with van der Waals surface area (Å²) in [5.74, 6) is -0.594. The van der Waals surface area contributed by atoms with Gasteiger partial charge < -0.3 is 19.9 Å². The van der Waals surface area contributed by atoms with Crippen LogP contribution in [0.5, 0.6) is 0 Å². The lowest BCUT2D eigenvalue weighted by atomic mass is 10.0. The third kappa shape index (κ3) is 7.24. The van der Waals surface area contributed by atoms with Gasteiger partial charge in [-0.2, -0.15) is 0 Å². The zero-order chi connectivity index (χ0) is 21.4. The van der Waals surface area contributed by atoms with E-state index in [9.17, 15) is 14.4 Å². The Hall–Kier alpha value is -2.28. The van der Waals surface area contributed by atoms with Crippen molar-refractivity contribution >= 4 is 35.1 Å². The smallest absolute Gasteiger partial charge is 0.328 e. The van der Waals surface area contributed by atoms with Crippen molar-refractivity contribution in [2.75, 3.05) is 38.2 Å². The van der Waals surface area contributed by atoms with Gasteiger partial charge in [-0.15, -0.1) is 0 Å². The van der Waals surface area contributed by atoms with Crippen LogP contribution < -0.4 is 10.2 Å². The van der Waals surface area contributed by atoms with E-state index in [0.717, 1.165) is 18.8 Å². The number of rotatable bonds is 8. The van der Waals surface area contributed by atoms with Crippen LogP contribution in [0.2, 0.25) is 5.02 Å². The minimum atomic E-state index is -0.677. The molecule has 1 aliphatic heterocycles. The average molecular weight is 424 g/mol. The number of nitrogens with zero attached hydrogens (tertiary/aromatic N) is 2. The molecule has 0 spiro atoms. The summed E-state index contributed by atoms with van der Waals surface area (Å²) in [5, 5.41) is 3.38. The topological polar surface area (TPSA) is 78.9 Å². The SMILES string of the molecule is COC(=O)C(CC(C)C)NC(=O)CCC(=O)N1CCN(c2cccc(Cl)c2)CC1. The third-order valence-electron chi connectivity index (χ3n) is 4.90. The second kappa shape index (κ2) is 11.0. The number of hydrogen-bond donors (Lipinski definition) is 1. The zero-order valence-electron chi connectivity index (χ0n) is 17.3. The summed E-state index contributed by atoms with van der Waals surface area (Å²) in [5.41, 5.74) is 1.04. The van der Waals surface area contributed by atoms with Crippen molar-refractivity contribution in [3.05, 3.63) is 29.3 Å². The first kappa shape index (κ1) is 23.0. The van der Waals surface area contributed by atoms with E-state index in [-0.39, 0.29) is 30.6 Å². The molecule has 0 aliphatic carbocycles. The van der Waals surface area contributed by atoms with E-state index >= 15 is 0 Å². The predicted octanol–water partition coefficient (Wildman–Crippen LogP) is 2.47. The van der Waals surface area contributed by atoms with Gasteiger partial charge in [0.2, 0.25) is 11.8 Å². The molecule has 1 atom stereocenters. The van der Waals surface area contributed by atoms with Crippen LogP contribution in [0.4, 0.5) is 5.69 Å². The van der Waals surface area contributed by atoms with E-state index in [2.05, 4.69) is 10.2 Å². The molecule has 0 saturated carbocycles. The van der Waals surface area contributed by atoms with Crippen LogP contribution in [0, 0.1) is 5.92 Å². The van der Waals surface area contributed by atoms with Crippen LogP contribution in [0.1, 0.15) is 33.1 Å². The lowest BCUT2D eigenvalue weighted by Gasteiger charge is -2.36. The van der Waals surface area contributed by atoms with Crippen molar-refractivity contribution in [1.82, 2.24) is 10.2 Å². The molecule has 29 heavy (non-hydrogen) atoms. The molecule has 160 valence electrons. The number of anilines is 1. The summed E-state index contributed by atoms with van der Waals surface area (Å²) in [6, 6.07) is 6.99. The molecule has 8 heteroatoms. The third-order valence-corrected chi connectivity index (χ3v) is 5.13. The van der Waals surface area contributed by atoms with Crippen molar-refractivity contribution in [2.45, 2.75) is 39.2 Å². The highest BCUT2D eigenvalue weighted by Gasteiger charge is 2.25. The van der Waals surface area contributed by atoms with Gasteiger partial charge in [0.05, 0.1) is 7.11 Å². The number of esters is 1. The molecule has 2 amide bonds. The normalized spacial score (nSPS) is 15.2. The summed E-state index contributed by atoms with van der Waals surface area (Å²) in [6.07, 6.45) is 0.676. The summed E-state index contributed by atoms with van der Waals surface area (Å²) in [6.45, 7) is 6.58. The average Bonchev–Trinajstić information content (AvgIpc) is 2.70. The minimum Gasteiger partial charge on any atom is -0.467 e. The molecule has 1 unspecified atom stereocenters. The minimum absolute atomic E-state index is 0.0515. The van der Waals surface area contributed by atoms with E-state index in [0.29, 0.717) is 24.5 Å². The van der Waals surface area contributed by atoms with Gasteiger partial charge >= 0.3 is 5.97 Å². The van der Waals surface area contributed by atoms with E-state index in [1.807, 2.05) is 38.1 Å². The molecular formula is C21H30ClN3O4. The molecular weight excluding hydrogens is 394 g/mol. The van der Waals surface area contributed by atoms with Gasteiger partial charge in [-0.3, -0.25) is 9.59 Å². The van der Waals surface area contributed by atoms with Gasteiger partial charge in [-0.05, 0) is 30.5 Å². The lowest BCUT2D eigenvalue weighted by Crippen LogP contribution is -2.49. The van der Waals surface area contributed by atoms with Gasteiger partial charge in [0, 0.05) is 49.7 Å². The number of nitrogens with one attached hydrogen (secondary N) is 1. The van der Waals surface area contributed by atoms with Crippen molar-refractivity contribution in [2.24, 2.45) is 5.92 Å². The Morgan fingerprint density at radius 3 is 2.41 bits per heavy atom. The maximum atomic E-state index is 12.5. The molecule has 0 aromatic heterocycles. The molecule has 2 rings (SSSR count). The second-order valence-electron chi connectivity index (χ2n) is 7.62. The fourth-order valence-corrected chi connectivity index (χ4v) is 3.54. The van der Waals surface area contributed by atoms with E-state index in [1.165, 1.54) is 7.11 Å². The van der Waals surface area contributed by atoms with Crippen LogP contribution in [0.25, 0.3) is 0 Å². The molecule has 0 radical (unpaired) electrons. The maximum Gasteiger partial charge on any atom is 0.328 e. The molecule has 0 bridgehead atoms. The lowest BCUT2D eigenvalue weighted by molar-refractivity contribution is -0.145. The highest BCUT2D eigenvalue weighted by molar-refractivity contribution is 6.30. The quantitative estimate of drug-likeness (QED) is 0.650. The van der Waals surface area contributed by atoms with Crippen LogP contribution in [0.15, 0.2) is 24.3 Å². The van der Waals surface area contributed by atoms with E-state index in [1.54, 1.807) is 4.90 Å². The molecule has 1 N–H and O–H groups in total.